The van der Waals surface area contributed by atoms with Crippen LogP contribution in [0.2, 0.25) is 5.02 Å². The molecule has 1 spiro atoms. The third-order valence-electron chi connectivity index (χ3n) is 5.63. The van der Waals surface area contributed by atoms with Crippen LogP contribution < -0.4 is 10.6 Å². The van der Waals surface area contributed by atoms with Crippen LogP contribution in [0.4, 0.5) is 19.3 Å². The second-order valence-electron chi connectivity index (χ2n) is 7.58. The molecule has 2 amide bonds. The van der Waals surface area contributed by atoms with E-state index in [2.05, 4.69) is 10.6 Å². The van der Waals surface area contributed by atoms with Crippen LogP contribution in [-0.4, -0.2) is 35.3 Å². The molecule has 2 heterocycles. The van der Waals surface area contributed by atoms with Gasteiger partial charge < -0.3 is 15.5 Å². The number of carbonyl (C=O) groups is 2. The number of nitrogens with one attached hydrogen (secondary N) is 2. The van der Waals surface area contributed by atoms with Crippen LogP contribution in [0.15, 0.2) is 36.4 Å². The Morgan fingerprint density at radius 1 is 1.14 bits per heavy atom. The number of piperidine rings is 1. The van der Waals surface area contributed by atoms with Crippen molar-refractivity contribution in [2.45, 2.75) is 31.3 Å². The number of likely N-dealkylation sites (tertiary alicyclic amines) is 1. The summed E-state index contributed by atoms with van der Waals surface area (Å²) in [6.45, 7) is 1.18. The molecule has 4 rings (SSSR count). The summed E-state index contributed by atoms with van der Waals surface area (Å²) in [6, 6.07) is 8.01. The van der Waals surface area contributed by atoms with Crippen LogP contribution in [0.5, 0.6) is 0 Å². The summed E-state index contributed by atoms with van der Waals surface area (Å²) >= 11 is 5.99. The summed E-state index contributed by atoms with van der Waals surface area (Å²) in [4.78, 5) is 26.7. The van der Waals surface area contributed by atoms with Crippen LogP contribution in [0.3, 0.4) is 0 Å². The second-order valence-corrected chi connectivity index (χ2v) is 7.98. The number of nitrogens with zero attached hydrogens (tertiary/aromatic N) is 1. The van der Waals surface area contributed by atoms with Crippen molar-refractivity contribution < 1.29 is 18.4 Å². The van der Waals surface area contributed by atoms with E-state index < -0.39 is 17.2 Å². The molecule has 0 bridgehead atoms. The van der Waals surface area contributed by atoms with E-state index in [1.807, 2.05) is 0 Å². The minimum atomic E-state index is -0.428. The average molecular weight is 420 g/mol. The summed E-state index contributed by atoms with van der Waals surface area (Å²) < 4.78 is 26.5. The number of halogens is 3. The highest BCUT2D eigenvalue weighted by molar-refractivity contribution is 6.31. The number of ketones is 1. The van der Waals surface area contributed by atoms with Gasteiger partial charge in [0.2, 0.25) is 0 Å². The molecule has 8 heteroatoms. The van der Waals surface area contributed by atoms with Gasteiger partial charge in [0.25, 0.3) is 0 Å². The Bertz CT molecular complexity index is 974. The molecule has 1 fully saturated rings. The van der Waals surface area contributed by atoms with Crippen molar-refractivity contribution in [3.05, 3.63) is 64.2 Å². The lowest BCUT2D eigenvalue weighted by molar-refractivity contribution is 0.0915. The quantitative estimate of drug-likeness (QED) is 0.760. The monoisotopic (exact) mass is 419 g/mol. The van der Waals surface area contributed by atoms with Crippen LogP contribution in [0.25, 0.3) is 0 Å². The molecule has 152 valence electrons. The van der Waals surface area contributed by atoms with Gasteiger partial charge >= 0.3 is 6.03 Å². The van der Waals surface area contributed by atoms with Crippen molar-refractivity contribution in [2.75, 3.05) is 18.4 Å². The maximum absolute atomic E-state index is 13.4. The third-order valence-corrected chi connectivity index (χ3v) is 5.99. The number of urea groups is 1. The van der Waals surface area contributed by atoms with E-state index in [-0.39, 0.29) is 29.8 Å². The number of fused-ring (bicyclic) bond motifs is 1. The lowest BCUT2D eigenvalue weighted by atomic mass is 9.78. The fourth-order valence-electron chi connectivity index (χ4n) is 3.98. The van der Waals surface area contributed by atoms with Crippen LogP contribution in [0, 0.1) is 11.6 Å². The highest BCUT2D eigenvalue weighted by Crippen LogP contribution is 2.37. The molecule has 0 aromatic heterocycles. The average Bonchev–Trinajstić information content (AvgIpc) is 2.68. The van der Waals surface area contributed by atoms with Crippen molar-refractivity contribution in [3.8, 4) is 0 Å². The first kappa shape index (κ1) is 19.6. The molecular formula is C21H20ClF2N3O2. The molecular weight excluding hydrogens is 400 g/mol. The van der Waals surface area contributed by atoms with Gasteiger partial charge in [-0.15, -0.1) is 0 Å². The van der Waals surface area contributed by atoms with Crippen molar-refractivity contribution in [2.24, 2.45) is 0 Å². The number of rotatable bonds is 2. The summed E-state index contributed by atoms with van der Waals surface area (Å²) in [5.74, 6) is -0.935. The maximum Gasteiger partial charge on any atom is 0.317 e. The van der Waals surface area contributed by atoms with Gasteiger partial charge in [0, 0.05) is 47.9 Å². The van der Waals surface area contributed by atoms with E-state index in [1.54, 1.807) is 17.0 Å². The van der Waals surface area contributed by atoms with E-state index in [4.69, 9.17) is 11.6 Å². The zero-order valence-corrected chi connectivity index (χ0v) is 16.4. The van der Waals surface area contributed by atoms with Gasteiger partial charge in [-0.25, -0.2) is 13.6 Å². The summed E-state index contributed by atoms with van der Waals surface area (Å²) in [5.41, 5.74) is 1.25. The normalized spacial score (nSPS) is 17.6. The number of hydrogen-bond acceptors (Lipinski definition) is 3. The lowest BCUT2D eigenvalue weighted by Gasteiger charge is -2.45. The first-order valence-corrected chi connectivity index (χ1v) is 9.81. The van der Waals surface area contributed by atoms with Crippen molar-refractivity contribution in [1.29, 1.82) is 0 Å². The molecule has 2 N–H and O–H groups in total. The van der Waals surface area contributed by atoms with E-state index in [1.165, 1.54) is 24.3 Å². The molecule has 0 atom stereocenters. The van der Waals surface area contributed by atoms with Crippen molar-refractivity contribution >= 4 is 29.1 Å². The lowest BCUT2D eigenvalue weighted by Crippen LogP contribution is -2.55. The molecule has 2 aliphatic rings. The van der Waals surface area contributed by atoms with Gasteiger partial charge in [0.05, 0.1) is 0 Å². The number of amides is 2. The maximum atomic E-state index is 13.4. The van der Waals surface area contributed by atoms with Crippen LogP contribution >= 0.6 is 11.6 Å². The fraction of sp³-hybridized carbons (Fsp3) is 0.333. The Labute approximate surface area is 172 Å². The fourth-order valence-corrected chi connectivity index (χ4v) is 4.21. The van der Waals surface area contributed by atoms with Gasteiger partial charge in [-0.1, -0.05) is 17.7 Å². The minimum Gasteiger partial charge on any atom is -0.378 e. The Morgan fingerprint density at radius 3 is 2.55 bits per heavy atom. The van der Waals surface area contributed by atoms with Crippen molar-refractivity contribution in [1.82, 2.24) is 10.2 Å². The Balaban J connectivity index is 1.36. The van der Waals surface area contributed by atoms with Crippen LogP contribution in [0.1, 0.15) is 35.2 Å². The van der Waals surface area contributed by atoms with Gasteiger partial charge in [-0.3, -0.25) is 4.79 Å². The zero-order chi connectivity index (χ0) is 20.6. The van der Waals surface area contributed by atoms with E-state index in [9.17, 15) is 18.4 Å². The smallest absolute Gasteiger partial charge is 0.317 e. The second kappa shape index (κ2) is 7.63. The van der Waals surface area contributed by atoms with Gasteiger partial charge in [-0.2, -0.15) is 0 Å². The largest absolute Gasteiger partial charge is 0.378 e. The first-order valence-electron chi connectivity index (χ1n) is 9.43. The van der Waals surface area contributed by atoms with Crippen LogP contribution in [-0.2, 0) is 6.54 Å². The highest BCUT2D eigenvalue weighted by atomic mass is 35.5. The van der Waals surface area contributed by atoms with E-state index in [0.717, 1.165) is 0 Å². The first-order chi connectivity index (χ1) is 13.8. The Hall–Kier alpha value is -2.67. The Kier molecular flexibility index (Phi) is 5.17. The molecule has 1 saturated heterocycles. The number of Topliss-reactive ketones (excluding diaryl/α,β-unsaturated/α-hetero) is 1. The summed E-state index contributed by atoms with van der Waals surface area (Å²) in [6.07, 6.45) is 1.50. The van der Waals surface area contributed by atoms with E-state index in [0.29, 0.717) is 42.7 Å². The number of benzene rings is 2. The summed E-state index contributed by atoms with van der Waals surface area (Å²) in [7, 11) is 0. The van der Waals surface area contributed by atoms with Gasteiger partial charge in [0.1, 0.15) is 11.6 Å². The predicted octanol–water partition coefficient (Wildman–Crippen LogP) is 4.36. The molecule has 2 aromatic carbocycles. The summed E-state index contributed by atoms with van der Waals surface area (Å²) in [5, 5.41) is 6.47. The third kappa shape index (κ3) is 4.05. The standard InChI is InChI=1S/C21H20ClF2N3O2/c22-17-10-15(24)2-1-13(17)12-25-20(29)27-7-5-21(6-8-27)11-19(28)16-9-14(23)3-4-18(16)26-21/h1-4,9-10,26H,5-8,11-12H2,(H,25,29). The zero-order valence-electron chi connectivity index (χ0n) is 15.6. The van der Waals surface area contributed by atoms with Crippen molar-refractivity contribution in [3.63, 3.8) is 0 Å². The minimum absolute atomic E-state index is 0.0814. The molecule has 5 nitrogen and oxygen atoms in total. The number of carbonyl (C=O) groups excluding carboxylic acids is 2. The van der Waals surface area contributed by atoms with Gasteiger partial charge in [0.15, 0.2) is 5.78 Å². The molecule has 0 radical (unpaired) electrons. The molecule has 0 unspecified atom stereocenters. The molecule has 29 heavy (non-hydrogen) atoms. The highest BCUT2D eigenvalue weighted by Gasteiger charge is 2.41. The number of hydrogen-bond donors (Lipinski definition) is 2. The molecule has 0 saturated carbocycles. The van der Waals surface area contributed by atoms with E-state index >= 15 is 0 Å². The molecule has 2 aliphatic heterocycles. The SMILES string of the molecule is O=C1CC2(CCN(C(=O)NCc3ccc(F)cc3Cl)CC2)Nc2ccc(F)cc21. The molecule has 2 aromatic rings. The Morgan fingerprint density at radius 2 is 1.83 bits per heavy atom. The predicted molar refractivity (Wildman–Crippen MR) is 106 cm³/mol. The molecule has 0 aliphatic carbocycles. The number of anilines is 1. The topological polar surface area (TPSA) is 61.4 Å². The van der Waals surface area contributed by atoms with Gasteiger partial charge in [-0.05, 0) is 48.7 Å².